The molecule has 0 bridgehead atoms. The van der Waals surface area contributed by atoms with E-state index < -0.39 is 0 Å². The molecule has 0 saturated carbocycles. The smallest absolute Gasteiger partial charge is 0.219 e. The number of hydrogen-bond donors (Lipinski definition) is 2. The number of benzene rings is 1. The van der Waals surface area contributed by atoms with Crippen LogP contribution in [-0.2, 0) is 20.1 Å². The van der Waals surface area contributed by atoms with Gasteiger partial charge in [-0.2, -0.15) is 5.10 Å². The lowest BCUT2D eigenvalue weighted by Gasteiger charge is -2.12. The van der Waals surface area contributed by atoms with E-state index in [4.69, 9.17) is 9.47 Å². The number of guanidine groups is 1. The number of hydrogen-bond acceptors (Lipinski definition) is 6. The second-order valence-electron chi connectivity index (χ2n) is 6.07. The van der Waals surface area contributed by atoms with Crippen LogP contribution in [0.4, 0.5) is 0 Å². The van der Waals surface area contributed by atoms with E-state index in [1.807, 2.05) is 50.4 Å². The number of aliphatic imine (C=N–C) groups is 1. The van der Waals surface area contributed by atoms with Crippen LogP contribution in [0.25, 0.3) is 0 Å². The van der Waals surface area contributed by atoms with Crippen LogP contribution in [0.5, 0.6) is 17.4 Å². The maximum atomic E-state index is 5.85. The molecule has 152 valence electrons. The van der Waals surface area contributed by atoms with Crippen LogP contribution in [0.15, 0.2) is 53.9 Å². The van der Waals surface area contributed by atoms with Crippen molar-refractivity contribution in [2.75, 3.05) is 13.7 Å². The summed E-state index contributed by atoms with van der Waals surface area (Å²) in [5.41, 5.74) is 0.997. The van der Waals surface area contributed by atoms with Gasteiger partial charge < -0.3 is 20.1 Å². The molecule has 2 N–H and O–H groups in total. The Morgan fingerprint density at radius 3 is 2.52 bits per heavy atom. The van der Waals surface area contributed by atoms with Crippen LogP contribution in [0.1, 0.15) is 18.3 Å². The zero-order valence-corrected chi connectivity index (χ0v) is 16.8. The molecule has 29 heavy (non-hydrogen) atoms. The zero-order chi connectivity index (χ0) is 20.5. The molecule has 0 radical (unpaired) electrons. The van der Waals surface area contributed by atoms with Crippen molar-refractivity contribution in [3.05, 3.63) is 60.3 Å². The molecule has 0 aliphatic heterocycles. The Bertz CT molecular complexity index is 938. The average Bonchev–Trinajstić information content (AvgIpc) is 3.16. The zero-order valence-electron chi connectivity index (χ0n) is 16.8. The van der Waals surface area contributed by atoms with Gasteiger partial charge in [-0.3, -0.25) is 9.67 Å². The highest BCUT2D eigenvalue weighted by atomic mass is 16.5. The molecule has 9 heteroatoms. The molecule has 2 aromatic heterocycles. The van der Waals surface area contributed by atoms with E-state index in [1.165, 1.54) is 6.33 Å². The van der Waals surface area contributed by atoms with Gasteiger partial charge >= 0.3 is 0 Å². The van der Waals surface area contributed by atoms with Gasteiger partial charge in [-0.15, -0.1) is 0 Å². The van der Waals surface area contributed by atoms with Crippen molar-refractivity contribution in [2.45, 2.75) is 20.0 Å². The standard InChI is InChI=1S/C20H25N7O2/c1-4-28-16-7-5-6-8-17(16)29-19-10-9-15(11-22-19)12-23-20(21-2)24-13-18-25-14-26-27(18)3/h5-11,14H,4,12-13H2,1-3H3,(H2,21,23,24). The molecular weight excluding hydrogens is 370 g/mol. The van der Waals surface area contributed by atoms with Gasteiger partial charge in [0.05, 0.1) is 13.2 Å². The first-order valence-corrected chi connectivity index (χ1v) is 9.31. The van der Waals surface area contributed by atoms with E-state index in [9.17, 15) is 0 Å². The first-order valence-electron chi connectivity index (χ1n) is 9.31. The molecule has 3 aromatic rings. The summed E-state index contributed by atoms with van der Waals surface area (Å²) < 4.78 is 13.1. The van der Waals surface area contributed by atoms with Crippen LogP contribution < -0.4 is 20.1 Å². The Morgan fingerprint density at radius 1 is 1.07 bits per heavy atom. The van der Waals surface area contributed by atoms with Crippen molar-refractivity contribution >= 4 is 5.96 Å². The van der Waals surface area contributed by atoms with E-state index in [0.717, 1.165) is 11.4 Å². The molecule has 0 saturated heterocycles. The monoisotopic (exact) mass is 395 g/mol. The molecule has 3 rings (SSSR count). The molecule has 0 unspecified atom stereocenters. The molecule has 9 nitrogen and oxygen atoms in total. The molecule has 0 aliphatic carbocycles. The largest absolute Gasteiger partial charge is 0.490 e. The number of nitrogens with zero attached hydrogens (tertiary/aromatic N) is 5. The highest BCUT2D eigenvalue weighted by Crippen LogP contribution is 2.30. The maximum Gasteiger partial charge on any atom is 0.219 e. The van der Waals surface area contributed by atoms with Gasteiger partial charge in [-0.05, 0) is 24.6 Å². The fourth-order valence-corrected chi connectivity index (χ4v) is 2.55. The summed E-state index contributed by atoms with van der Waals surface area (Å²) in [5.74, 6) is 3.33. The fourth-order valence-electron chi connectivity index (χ4n) is 2.55. The lowest BCUT2D eigenvalue weighted by atomic mass is 10.3. The molecule has 0 amide bonds. The minimum atomic E-state index is 0.505. The third-order valence-electron chi connectivity index (χ3n) is 4.06. The maximum absolute atomic E-state index is 5.85. The second-order valence-corrected chi connectivity index (χ2v) is 6.07. The van der Waals surface area contributed by atoms with Crippen LogP contribution >= 0.6 is 0 Å². The van der Waals surface area contributed by atoms with Crippen LogP contribution in [-0.4, -0.2) is 39.4 Å². The number of rotatable bonds is 8. The van der Waals surface area contributed by atoms with Gasteiger partial charge in [0.25, 0.3) is 0 Å². The number of para-hydroxylation sites is 2. The molecule has 1 aromatic carbocycles. The number of aryl methyl sites for hydroxylation is 1. The third kappa shape index (κ3) is 5.68. The molecule has 0 aliphatic rings. The first-order chi connectivity index (χ1) is 14.2. The Hall–Kier alpha value is -3.62. The molecule has 0 atom stereocenters. The summed E-state index contributed by atoms with van der Waals surface area (Å²) in [5, 5.41) is 10.5. The predicted octanol–water partition coefficient (Wildman–Crippen LogP) is 2.27. The predicted molar refractivity (Wildman–Crippen MR) is 110 cm³/mol. The average molecular weight is 395 g/mol. The van der Waals surface area contributed by atoms with Crippen molar-refractivity contribution in [1.82, 2.24) is 30.4 Å². The summed E-state index contributed by atoms with van der Waals surface area (Å²) in [4.78, 5) is 12.8. The summed E-state index contributed by atoms with van der Waals surface area (Å²) in [6.07, 6.45) is 3.29. The lowest BCUT2D eigenvalue weighted by Crippen LogP contribution is -2.36. The van der Waals surface area contributed by atoms with Gasteiger partial charge in [0, 0.05) is 32.9 Å². The normalized spacial score (nSPS) is 11.2. The number of pyridine rings is 1. The second kappa shape index (κ2) is 10.1. The lowest BCUT2D eigenvalue weighted by molar-refractivity contribution is 0.319. The Morgan fingerprint density at radius 2 is 1.86 bits per heavy atom. The minimum Gasteiger partial charge on any atom is -0.490 e. The number of nitrogens with one attached hydrogen (secondary N) is 2. The van der Waals surface area contributed by atoms with E-state index in [1.54, 1.807) is 17.9 Å². The highest BCUT2D eigenvalue weighted by molar-refractivity contribution is 5.79. The Kier molecular flexibility index (Phi) is 6.99. The van der Waals surface area contributed by atoms with Gasteiger partial charge in [0.1, 0.15) is 12.2 Å². The summed E-state index contributed by atoms with van der Waals surface area (Å²) in [6, 6.07) is 11.3. The minimum absolute atomic E-state index is 0.505. The highest BCUT2D eigenvalue weighted by Gasteiger charge is 2.07. The molecule has 0 spiro atoms. The quantitative estimate of drug-likeness (QED) is 0.446. The van der Waals surface area contributed by atoms with Crippen molar-refractivity contribution in [2.24, 2.45) is 12.0 Å². The van der Waals surface area contributed by atoms with Crippen molar-refractivity contribution in [3.8, 4) is 17.4 Å². The third-order valence-corrected chi connectivity index (χ3v) is 4.06. The van der Waals surface area contributed by atoms with E-state index in [0.29, 0.717) is 43.0 Å². The van der Waals surface area contributed by atoms with Crippen LogP contribution in [0.2, 0.25) is 0 Å². The van der Waals surface area contributed by atoms with Crippen LogP contribution in [0, 0.1) is 0 Å². The Balaban J connectivity index is 1.53. The fraction of sp³-hybridized carbons (Fsp3) is 0.300. The van der Waals surface area contributed by atoms with E-state index >= 15 is 0 Å². The van der Waals surface area contributed by atoms with Crippen molar-refractivity contribution < 1.29 is 9.47 Å². The molecule has 0 fully saturated rings. The summed E-state index contributed by atoms with van der Waals surface area (Å²) >= 11 is 0. The van der Waals surface area contributed by atoms with Crippen LogP contribution in [0.3, 0.4) is 0 Å². The van der Waals surface area contributed by atoms with Gasteiger partial charge in [-0.1, -0.05) is 18.2 Å². The van der Waals surface area contributed by atoms with Gasteiger partial charge in [0.15, 0.2) is 17.5 Å². The summed E-state index contributed by atoms with van der Waals surface area (Å²) in [7, 11) is 3.57. The summed E-state index contributed by atoms with van der Waals surface area (Å²) in [6.45, 7) is 3.61. The van der Waals surface area contributed by atoms with Crippen molar-refractivity contribution in [3.63, 3.8) is 0 Å². The SMILES string of the molecule is CCOc1ccccc1Oc1ccc(CNC(=NC)NCc2ncnn2C)cn1. The number of ether oxygens (including phenoxy) is 2. The Labute approximate surface area is 169 Å². The van der Waals surface area contributed by atoms with Gasteiger partial charge in [0.2, 0.25) is 5.88 Å². The number of aromatic nitrogens is 4. The topological polar surface area (TPSA) is 98.5 Å². The first kappa shape index (κ1) is 20.1. The molecule has 2 heterocycles. The van der Waals surface area contributed by atoms with E-state index in [2.05, 4.69) is 30.7 Å². The van der Waals surface area contributed by atoms with Crippen molar-refractivity contribution in [1.29, 1.82) is 0 Å². The molecular formula is C20H25N7O2. The van der Waals surface area contributed by atoms with Gasteiger partial charge in [-0.25, -0.2) is 9.97 Å². The van der Waals surface area contributed by atoms with E-state index in [-0.39, 0.29) is 0 Å².